The summed E-state index contributed by atoms with van der Waals surface area (Å²) < 4.78 is 15.3. The van der Waals surface area contributed by atoms with Gasteiger partial charge in [-0.05, 0) is 61.7 Å². The molecule has 4 aromatic rings. The molecule has 4 rings (SSSR count). The number of terminal acetylenes is 1. The lowest BCUT2D eigenvalue weighted by atomic mass is 10.00. The van der Waals surface area contributed by atoms with Gasteiger partial charge >= 0.3 is 0 Å². The molecule has 1 N–H and O–H groups in total. The SMILES string of the molecule is C#Cc1nc(C(=O)N(c2cccc(F)c2)C(C(=O)NC(C)(C)C)c2csc3ccccc23)cs1. The van der Waals surface area contributed by atoms with E-state index in [4.69, 9.17) is 6.42 Å². The number of amides is 2. The Hall–Kier alpha value is -3.54. The van der Waals surface area contributed by atoms with Crippen LogP contribution in [0.2, 0.25) is 0 Å². The van der Waals surface area contributed by atoms with Crippen LogP contribution < -0.4 is 10.2 Å². The van der Waals surface area contributed by atoms with Gasteiger partial charge in [0.2, 0.25) is 5.91 Å². The topological polar surface area (TPSA) is 62.3 Å². The molecule has 0 bridgehead atoms. The Morgan fingerprint density at radius 3 is 2.56 bits per heavy atom. The molecular formula is C26H22FN3O2S2. The molecule has 0 fully saturated rings. The minimum atomic E-state index is -1.07. The van der Waals surface area contributed by atoms with Crippen LogP contribution in [0.3, 0.4) is 0 Å². The number of rotatable bonds is 5. The fourth-order valence-corrected chi connectivity index (χ4v) is 5.19. The highest BCUT2D eigenvalue weighted by atomic mass is 32.1. The molecule has 2 amide bonds. The standard InChI is InChI=1S/C26H22FN3O2S2/c1-5-22-28-20(15-34-22)25(32)30(17-10-8-9-16(27)13-17)23(24(31)29-26(2,3)4)19-14-33-21-12-7-6-11-18(19)21/h1,6-15,23H,2-4H3,(H,29,31). The van der Waals surface area contributed by atoms with Crippen LogP contribution in [0.25, 0.3) is 10.1 Å². The minimum Gasteiger partial charge on any atom is -0.349 e. The lowest BCUT2D eigenvalue weighted by molar-refractivity contribution is -0.123. The average molecular weight is 492 g/mol. The Morgan fingerprint density at radius 2 is 1.88 bits per heavy atom. The van der Waals surface area contributed by atoms with Crippen molar-refractivity contribution in [3.05, 3.63) is 81.4 Å². The first-order valence-electron chi connectivity index (χ1n) is 10.5. The number of carbonyl (C=O) groups excluding carboxylic acids is 2. The second-order valence-electron chi connectivity index (χ2n) is 8.67. The summed E-state index contributed by atoms with van der Waals surface area (Å²) in [5, 5.41) is 7.60. The molecule has 0 saturated carbocycles. The van der Waals surface area contributed by atoms with E-state index in [1.807, 2.05) is 50.4 Å². The van der Waals surface area contributed by atoms with Crippen LogP contribution in [0.15, 0.2) is 59.3 Å². The van der Waals surface area contributed by atoms with E-state index in [-0.39, 0.29) is 17.3 Å². The van der Waals surface area contributed by atoms with Gasteiger partial charge in [0, 0.05) is 26.9 Å². The third kappa shape index (κ3) is 4.86. The molecule has 0 aliphatic rings. The number of hydrogen-bond donors (Lipinski definition) is 1. The average Bonchev–Trinajstić information content (AvgIpc) is 3.43. The van der Waals surface area contributed by atoms with Crippen molar-refractivity contribution in [3.63, 3.8) is 0 Å². The number of fused-ring (bicyclic) bond motifs is 1. The molecular weight excluding hydrogens is 469 g/mol. The summed E-state index contributed by atoms with van der Waals surface area (Å²) in [6.45, 7) is 5.59. The largest absolute Gasteiger partial charge is 0.349 e. The number of nitrogens with zero attached hydrogens (tertiary/aromatic N) is 2. The van der Waals surface area contributed by atoms with Gasteiger partial charge in [-0.15, -0.1) is 29.1 Å². The van der Waals surface area contributed by atoms with Crippen molar-refractivity contribution < 1.29 is 14.0 Å². The maximum atomic E-state index is 14.3. The molecule has 0 saturated heterocycles. The molecule has 5 nitrogen and oxygen atoms in total. The van der Waals surface area contributed by atoms with Crippen LogP contribution in [-0.2, 0) is 4.79 Å². The Bertz CT molecular complexity index is 1410. The number of benzene rings is 2. The van der Waals surface area contributed by atoms with Gasteiger partial charge in [0.15, 0.2) is 5.01 Å². The van der Waals surface area contributed by atoms with E-state index >= 15 is 0 Å². The van der Waals surface area contributed by atoms with Crippen molar-refractivity contribution in [3.8, 4) is 12.3 Å². The third-order valence-electron chi connectivity index (χ3n) is 4.96. The first kappa shape index (κ1) is 23.6. The van der Waals surface area contributed by atoms with Crippen molar-refractivity contribution in [2.24, 2.45) is 0 Å². The fourth-order valence-electron chi connectivity index (χ4n) is 3.62. The van der Waals surface area contributed by atoms with Gasteiger partial charge < -0.3 is 5.32 Å². The van der Waals surface area contributed by atoms with Crippen molar-refractivity contribution >= 4 is 50.3 Å². The summed E-state index contributed by atoms with van der Waals surface area (Å²) in [5.74, 6) is 0.963. The van der Waals surface area contributed by atoms with Gasteiger partial charge in [0.1, 0.15) is 17.6 Å². The number of thiazole rings is 1. The molecule has 0 aliphatic carbocycles. The number of carbonyl (C=O) groups is 2. The maximum absolute atomic E-state index is 14.3. The molecule has 2 aromatic carbocycles. The zero-order valence-corrected chi connectivity index (χ0v) is 20.5. The van der Waals surface area contributed by atoms with Crippen molar-refractivity contribution in [1.82, 2.24) is 10.3 Å². The van der Waals surface area contributed by atoms with E-state index in [2.05, 4.69) is 16.2 Å². The quantitative estimate of drug-likeness (QED) is 0.360. The maximum Gasteiger partial charge on any atom is 0.278 e. The Labute approximate surface area is 205 Å². The van der Waals surface area contributed by atoms with Crippen molar-refractivity contribution in [2.45, 2.75) is 32.4 Å². The minimum absolute atomic E-state index is 0.0929. The summed E-state index contributed by atoms with van der Waals surface area (Å²) in [4.78, 5) is 33.1. The van der Waals surface area contributed by atoms with Crippen LogP contribution in [0.4, 0.5) is 10.1 Å². The van der Waals surface area contributed by atoms with E-state index in [9.17, 15) is 14.0 Å². The first-order valence-corrected chi connectivity index (χ1v) is 12.2. The highest BCUT2D eigenvalue weighted by Gasteiger charge is 2.37. The summed E-state index contributed by atoms with van der Waals surface area (Å²) in [7, 11) is 0. The second-order valence-corrected chi connectivity index (χ2v) is 10.4. The second kappa shape index (κ2) is 9.37. The van der Waals surface area contributed by atoms with Gasteiger partial charge in [-0.3, -0.25) is 14.5 Å². The van der Waals surface area contributed by atoms with Gasteiger partial charge in [0.25, 0.3) is 5.91 Å². The number of halogens is 1. The molecule has 172 valence electrons. The van der Waals surface area contributed by atoms with E-state index in [1.165, 1.54) is 34.4 Å². The highest BCUT2D eigenvalue weighted by Crippen LogP contribution is 2.37. The summed E-state index contributed by atoms with van der Waals surface area (Å²) in [6, 6.07) is 12.2. The number of nitrogens with one attached hydrogen (secondary N) is 1. The smallest absolute Gasteiger partial charge is 0.278 e. The summed E-state index contributed by atoms with van der Waals surface area (Å²) in [5.41, 5.74) is 0.419. The molecule has 2 heterocycles. The summed E-state index contributed by atoms with van der Waals surface area (Å²) in [6.07, 6.45) is 5.45. The molecule has 2 aromatic heterocycles. The van der Waals surface area contributed by atoms with Crippen LogP contribution in [0, 0.1) is 18.2 Å². The molecule has 8 heteroatoms. The molecule has 1 unspecified atom stereocenters. The lowest BCUT2D eigenvalue weighted by Crippen LogP contribution is -2.49. The zero-order chi connectivity index (χ0) is 24.5. The number of anilines is 1. The molecule has 0 spiro atoms. The van der Waals surface area contributed by atoms with Gasteiger partial charge in [-0.2, -0.15) is 0 Å². The molecule has 0 aliphatic heterocycles. The van der Waals surface area contributed by atoms with Crippen molar-refractivity contribution in [1.29, 1.82) is 0 Å². The van der Waals surface area contributed by atoms with Crippen molar-refractivity contribution in [2.75, 3.05) is 4.90 Å². The predicted octanol–water partition coefficient (Wildman–Crippen LogP) is 5.78. The molecule has 34 heavy (non-hydrogen) atoms. The lowest BCUT2D eigenvalue weighted by Gasteiger charge is -2.33. The Balaban J connectivity index is 1.94. The van der Waals surface area contributed by atoms with E-state index in [0.29, 0.717) is 10.6 Å². The number of hydrogen-bond acceptors (Lipinski definition) is 5. The van der Waals surface area contributed by atoms with Crippen LogP contribution in [0.5, 0.6) is 0 Å². The van der Waals surface area contributed by atoms with Crippen LogP contribution in [0.1, 0.15) is 47.9 Å². The van der Waals surface area contributed by atoms with Gasteiger partial charge in [-0.1, -0.05) is 24.3 Å². The van der Waals surface area contributed by atoms with Gasteiger partial charge in [-0.25, -0.2) is 9.37 Å². The normalized spacial score (nSPS) is 12.2. The zero-order valence-electron chi connectivity index (χ0n) is 18.8. The fraction of sp³-hybridized carbons (Fsp3) is 0.192. The van der Waals surface area contributed by atoms with Crippen LogP contribution in [-0.4, -0.2) is 22.3 Å². The van der Waals surface area contributed by atoms with Crippen LogP contribution >= 0.6 is 22.7 Å². The van der Waals surface area contributed by atoms with E-state index in [1.54, 1.807) is 11.4 Å². The third-order valence-corrected chi connectivity index (χ3v) is 6.72. The van der Waals surface area contributed by atoms with E-state index in [0.717, 1.165) is 21.4 Å². The summed E-state index contributed by atoms with van der Waals surface area (Å²) >= 11 is 2.63. The molecule has 1 atom stereocenters. The predicted molar refractivity (Wildman–Crippen MR) is 136 cm³/mol. The highest BCUT2D eigenvalue weighted by molar-refractivity contribution is 7.17. The number of thiophene rings is 1. The Kier molecular flexibility index (Phi) is 6.51. The van der Waals surface area contributed by atoms with E-state index < -0.39 is 23.3 Å². The van der Waals surface area contributed by atoms with Gasteiger partial charge in [0.05, 0.1) is 0 Å². The molecule has 0 radical (unpaired) electrons. The monoisotopic (exact) mass is 491 g/mol. The number of aromatic nitrogens is 1. The Morgan fingerprint density at radius 1 is 1.12 bits per heavy atom. The first-order chi connectivity index (χ1) is 16.2.